The predicted octanol–water partition coefficient (Wildman–Crippen LogP) is -0.455. The van der Waals surface area contributed by atoms with E-state index >= 15 is 0 Å². The van der Waals surface area contributed by atoms with Crippen LogP contribution in [-0.4, -0.2) is 22.1 Å². The van der Waals surface area contributed by atoms with E-state index in [9.17, 15) is 9.59 Å². The van der Waals surface area contributed by atoms with Gasteiger partial charge in [-0.1, -0.05) is 0 Å². The first-order valence-corrected chi connectivity index (χ1v) is 3.65. The Bertz CT molecular complexity index is 414. The number of carbonyl (C=O) groups excluding carboxylic acids is 2. The molecule has 0 atom stereocenters. The first-order chi connectivity index (χ1) is 6.11. The highest BCUT2D eigenvalue weighted by molar-refractivity contribution is 6.20. The third-order valence-electron chi connectivity index (χ3n) is 1.93. The highest BCUT2D eigenvalue weighted by atomic mass is 16.5. The first-order valence-electron chi connectivity index (χ1n) is 3.65. The Labute approximate surface area is 73.3 Å². The maximum absolute atomic E-state index is 11.2. The molecule has 13 heavy (non-hydrogen) atoms. The van der Waals surface area contributed by atoms with E-state index in [-0.39, 0.29) is 16.2 Å². The van der Waals surface area contributed by atoms with Gasteiger partial charge in [0, 0.05) is 6.07 Å². The van der Waals surface area contributed by atoms with Crippen molar-refractivity contribution in [2.45, 2.75) is 0 Å². The summed E-state index contributed by atoms with van der Waals surface area (Å²) >= 11 is 0. The maximum Gasteiger partial charge on any atom is 0.285 e. The van der Waals surface area contributed by atoms with E-state index in [1.54, 1.807) is 6.07 Å². The molecule has 1 aromatic rings. The van der Waals surface area contributed by atoms with Gasteiger partial charge in [0.2, 0.25) is 0 Å². The molecule has 5 nitrogen and oxygen atoms in total. The average molecular weight is 179 g/mol. The van der Waals surface area contributed by atoms with Crippen molar-refractivity contribution in [2.24, 2.45) is 0 Å². The number of rotatable bonds is 0. The van der Waals surface area contributed by atoms with E-state index in [1.165, 1.54) is 12.1 Å². The number of quaternary nitrogens is 1. The summed E-state index contributed by atoms with van der Waals surface area (Å²) in [4.78, 5) is 22.3. The number of fused-ring (bicyclic) bond motifs is 1. The zero-order chi connectivity index (χ0) is 9.59. The largest absolute Gasteiger partial charge is 0.325 e. The van der Waals surface area contributed by atoms with Crippen LogP contribution < -0.4 is 5.73 Å². The Morgan fingerprint density at radius 2 is 1.77 bits per heavy atom. The number of benzene rings is 1. The molecule has 66 valence electrons. The van der Waals surface area contributed by atoms with Crippen molar-refractivity contribution in [3.8, 4) is 0 Å². The van der Waals surface area contributed by atoms with Gasteiger partial charge in [-0.3, -0.25) is 14.8 Å². The van der Waals surface area contributed by atoms with Crippen LogP contribution in [0, 0.1) is 0 Å². The Balaban J connectivity index is 2.67. The number of amides is 2. The third-order valence-corrected chi connectivity index (χ3v) is 1.93. The molecule has 0 radical (unpaired) electrons. The van der Waals surface area contributed by atoms with Crippen molar-refractivity contribution in [2.75, 3.05) is 0 Å². The topological polar surface area (TPSA) is 85.2 Å². The number of imide groups is 1. The normalized spacial score (nSPS) is 15.1. The van der Waals surface area contributed by atoms with Gasteiger partial charge in [-0.05, 0) is 12.1 Å². The number of nitrogens with zero attached hydrogens (tertiary/aromatic N) is 1. The van der Waals surface area contributed by atoms with Crippen LogP contribution in [0.2, 0.25) is 0 Å². The summed E-state index contributed by atoms with van der Waals surface area (Å²) in [5, 5.41) is 9.11. The van der Waals surface area contributed by atoms with E-state index in [0.29, 0.717) is 5.69 Å². The molecule has 0 aromatic heterocycles. The molecule has 0 saturated carbocycles. The van der Waals surface area contributed by atoms with Crippen LogP contribution in [0.1, 0.15) is 20.7 Å². The van der Waals surface area contributed by atoms with Gasteiger partial charge in [0.25, 0.3) is 11.8 Å². The summed E-state index contributed by atoms with van der Waals surface area (Å²) in [6.45, 7) is 0. The lowest BCUT2D eigenvalue weighted by Crippen LogP contribution is -2.40. The van der Waals surface area contributed by atoms with Crippen LogP contribution in [-0.2, 0) is 0 Å². The molecule has 0 fully saturated rings. The standard InChI is InChI=1S/C8H6N2O3/c9-4-1-2-5-6(3-4)8(12)10(13)7(5)11/h1-3,13H,9H2/p+1. The minimum Gasteiger partial charge on any atom is -0.325 e. The van der Waals surface area contributed by atoms with E-state index in [0.717, 1.165) is 0 Å². The van der Waals surface area contributed by atoms with Crippen molar-refractivity contribution in [1.29, 1.82) is 0 Å². The Kier molecular flexibility index (Phi) is 1.45. The zero-order valence-electron chi connectivity index (χ0n) is 6.65. The highest BCUT2D eigenvalue weighted by Crippen LogP contribution is 2.22. The molecule has 1 heterocycles. The van der Waals surface area contributed by atoms with Crippen LogP contribution >= 0.6 is 0 Å². The number of hydrogen-bond donors (Lipinski definition) is 2. The maximum atomic E-state index is 11.2. The van der Waals surface area contributed by atoms with Gasteiger partial charge in [0.1, 0.15) is 5.69 Å². The van der Waals surface area contributed by atoms with Gasteiger partial charge in [0.05, 0.1) is 11.1 Å². The average Bonchev–Trinajstić information content (AvgIpc) is 2.32. The molecule has 5 heteroatoms. The summed E-state index contributed by atoms with van der Waals surface area (Å²) in [6.07, 6.45) is 0. The van der Waals surface area contributed by atoms with Gasteiger partial charge >= 0.3 is 0 Å². The van der Waals surface area contributed by atoms with Crippen molar-refractivity contribution in [1.82, 2.24) is 5.06 Å². The lowest BCUT2D eigenvalue weighted by Gasteiger charge is -1.99. The van der Waals surface area contributed by atoms with Crippen LogP contribution in [0.4, 0.5) is 5.69 Å². The molecule has 2 amide bonds. The number of hydroxylamine groups is 2. The van der Waals surface area contributed by atoms with E-state index < -0.39 is 11.8 Å². The molecule has 0 saturated heterocycles. The summed E-state index contributed by atoms with van der Waals surface area (Å²) in [5.41, 5.74) is 4.68. The summed E-state index contributed by atoms with van der Waals surface area (Å²) in [6, 6.07) is 4.57. The first kappa shape index (κ1) is 7.90. The molecule has 1 aromatic carbocycles. The fraction of sp³-hybridized carbons (Fsp3) is 0. The van der Waals surface area contributed by atoms with Crippen LogP contribution in [0.3, 0.4) is 0 Å². The minimum absolute atomic E-state index is 0.115. The monoisotopic (exact) mass is 179 g/mol. The molecule has 1 aliphatic rings. The molecule has 0 unspecified atom stereocenters. The summed E-state index contributed by atoms with van der Waals surface area (Å²) < 4.78 is 0. The van der Waals surface area contributed by atoms with Crippen molar-refractivity contribution in [3.05, 3.63) is 29.3 Å². The van der Waals surface area contributed by atoms with Crippen molar-refractivity contribution >= 4 is 17.5 Å². The quantitative estimate of drug-likeness (QED) is 0.417. The van der Waals surface area contributed by atoms with E-state index in [4.69, 9.17) is 5.21 Å². The molecule has 4 N–H and O–H groups in total. The Hall–Kier alpha value is -1.72. The molecule has 0 aliphatic carbocycles. The smallest absolute Gasteiger partial charge is 0.285 e. The van der Waals surface area contributed by atoms with Gasteiger partial charge in [0.15, 0.2) is 0 Å². The van der Waals surface area contributed by atoms with Crippen LogP contribution in [0.15, 0.2) is 18.2 Å². The number of hydrogen-bond acceptors (Lipinski definition) is 3. The van der Waals surface area contributed by atoms with Gasteiger partial charge in [-0.15, -0.1) is 5.06 Å². The highest BCUT2D eigenvalue weighted by Gasteiger charge is 2.35. The summed E-state index contributed by atoms with van der Waals surface area (Å²) in [7, 11) is 0. The molecule has 0 bridgehead atoms. The van der Waals surface area contributed by atoms with Gasteiger partial charge in [-0.2, -0.15) is 0 Å². The second kappa shape index (κ2) is 2.38. The second-order valence-corrected chi connectivity index (χ2v) is 2.80. The lowest BCUT2D eigenvalue weighted by molar-refractivity contribution is -0.254. The fourth-order valence-electron chi connectivity index (χ4n) is 1.28. The molecular weight excluding hydrogens is 172 g/mol. The van der Waals surface area contributed by atoms with E-state index in [1.807, 2.05) is 0 Å². The molecule has 2 rings (SSSR count). The van der Waals surface area contributed by atoms with Crippen LogP contribution in [0.5, 0.6) is 0 Å². The third kappa shape index (κ3) is 0.947. The van der Waals surface area contributed by atoms with Crippen molar-refractivity contribution in [3.63, 3.8) is 0 Å². The van der Waals surface area contributed by atoms with Gasteiger partial charge in [-0.25, -0.2) is 0 Å². The number of carbonyl (C=O) groups is 2. The van der Waals surface area contributed by atoms with Gasteiger partial charge < -0.3 is 5.73 Å². The zero-order valence-corrected chi connectivity index (χ0v) is 6.65. The van der Waals surface area contributed by atoms with Crippen LogP contribution in [0.25, 0.3) is 0 Å². The van der Waals surface area contributed by atoms with Crippen molar-refractivity contribution < 1.29 is 20.5 Å². The predicted molar refractivity (Wildman–Crippen MR) is 41.3 cm³/mol. The minimum atomic E-state index is -0.689. The summed E-state index contributed by atoms with van der Waals surface area (Å²) in [5.74, 6) is -1.37. The Morgan fingerprint density at radius 1 is 1.15 bits per heavy atom. The Morgan fingerprint density at radius 3 is 2.46 bits per heavy atom. The lowest BCUT2D eigenvalue weighted by atomic mass is 10.1. The van der Waals surface area contributed by atoms with E-state index in [2.05, 4.69) is 5.73 Å². The second-order valence-electron chi connectivity index (χ2n) is 2.80. The molecule has 1 aliphatic heterocycles. The fourth-order valence-corrected chi connectivity index (χ4v) is 1.28. The molecular formula is C8H7N2O3+. The molecule has 0 spiro atoms. The SMILES string of the molecule is [NH3+]c1ccc2c(c1)C(=O)N(O)C2=O.